The molecule has 0 aromatic heterocycles. The first kappa shape index (κ1) is 16.2. The van der Waals surface area contributed by atoms with Gasteiger partial charge in [-0.1, -0.05) is 29.4 Å². The van der Waals surface area contributed by atoms with Crippen molar-refractivity contribution < 1.29 is 9.53 Å². The van der Waals surface area contributed by atoms with Crippen molar-refractivity contribution in [3.63, 3.8) is 0 Å². The van der Waals surface area contributed by atoms with Crippen LogP contribution in [0.5, 0.6) is 0 Å². The van der Waals surface area contributed by atoms with Crippen molar-refractivity contribution in [2.75, 3.05) is 13.1 Å². The molecule has 0 N–H and O–H groups in total. The smallest absolute Gasteiger partial charge is 0.410 e. The molecule has 1 saturated heterocycles. The number of amides is 1. The van der Waals surface area contributed by atoms with Gasteiger partial charge in [-0.25, -0.2) is 4.79 Å². The van der Waals surface area contributed by atoms with E-state index < -0.39 is 5.60 Å². The predicted molar refractivity (Wildman–Crippen MR) is 85.0 cm³/mol. The van der Waals surface area contributed by atoms with Crippen LogP contribution in [0.2, 0.25) is 0 Å². The fourth-order valence-corrected chi connectivity index (χ4v) is 2.61. The second-order valence-electron chi connectivity index (χ2n) is 6.55. The summed E-state index contributed by atoms with van der Waals surface area (Å²) in [5, 5.41) is 3.57. The van der Waals surface area contributed by atoms with Gasteiger partial charge in [0.05, 0.1) is 0 Å². The van der Waals surface area contributed by atoms with Gasteiger partial charge in [-0.2, -0.15) is 0 Å². The van der Waals surface area contributed by atoms with Gasteiger partial charge in [0, 0.05) is 29.6 Å². The third kappa shape index (κ3) is 4.40. The van der Waals surface area contributed by atoms with E-state index in [0.29, 0.717) is 18.2 Å². The zero-order chi connectivity index (χ0) is 16.2. The molecule has 118 valence electrons. The van der Waals surface area contributed by atoms with Crippen molar-refractivity contribution in [1.29, 1.82) is 0 Å². The monoisotopic (exact) mass is 302 g/mol. The molecule has 0 radical (unpaired) electrons. The van der Waals surface area contributed by atoms with Crippen LogP contribution in [0.15, 0.2) is 29.4 Å². The van der Waals surface area contributed by atoms with Gasteiger partial charge < -0.3 is 9.64 Å². The Bertz CT molecular complexity index is 571. The molecule has 6 heteroatoms. The van der Waals surface area contributed by atoms with Crippen molar-refractivity contribution >= 4 is 11.8 Å². The fraction of sp³-hybridized carbons (Fsp3) is 0.562. The molecule has 22 heavy (non-hydrogen) atoms. The van der Waals surface area contributed by atoms with E-state index in [1.807, 2.05) is 45.0 Å². The molecule has 0 spiro atoms. The van der Waals surface area contributed by atoms with Crippen molar-refractivity contribution in [3.05, 3.63) is 40.3 Å². The van der Waals surface area contributed by atoms with E-state index in [9.17, 15) is 4.79 Å². The topological polar surface area (TPSA) is 78.3 Å². The Morgan fingerprint density at radius 1 is 1.36 bits per heavy atom. The molecule has 1 amide bonds. The molecule has 1 unspecified atom stereocenters. The average Bonchev–Trinajstić information content (AvgIpc) is 2.47. The summed E-state index contributed by atoms with van der Waals surface area (Å²) in [6, 6.07) is 7.55. The van der Waals surface area contributed by atoms with Crippen LogP contribution >= 0.6 is 0 Å². The Labute approximate surface area is 130 Å². The molecule has 1 aliphatic rings. The van der Waals surface area contributed by atoms with Crippen LogP contribution in [0, 0.1) is 0 Å². The Kier molecular flexibility index (Phi) is 4.93. The number of benzene rings is 1. The number of rotatable bonds is 2. The summed E-state index contributed by atoms with van der Waals surface area (Å²) in [7, 11) is 0. The SMILES string of the molecule is CC(C)(C)OC(=O)N1CCCC(c2ccc(N=[N+]=[N-])cc2)C1. The molecule has 0 saturated carbocycles. The Morgan fingerprint density at radius 2 is 2.05 bits per heavy atom. The minimum Gasteiger partial charge on any atom is -0.444 e. The van der Waals surface area contributed by atoms with Crippen LogP contribution in [0.4, 0.5) is 10.5 Å². The minimum absolute atomic E-state index is 0.247. The van der Waals surface area contributed by atoms with E-state index >= 15 is 0 Å². The summed E-state index contributed by atoms with van der Waals surface area (Å²) in [5.41, 5.74) is 9.72. The van der Waals surface area contributed by atoms with Crippen molar-refractivity contribution in [1.82, 2.24) is 4.90 Å². The number of nitrogens with zero attached hydrogens (tertiary/aromatic N) is 4. The molecule has 0 aliphatic carbocycles. The number of carbonyl (C=O) groups is 1. The van der Waals surface area contributed by atoms with Gasteiger partial charge in [-0.15, -0.1) is 0 Å². The van der Waals surface area contributed by atoms with Gasteiger partial charge >= 0.3 is 6.09 Å². The minimum atomic E-state index is -0.471. The lowest BCUT2D eigenvalue weighted by atomic mass is 9.91. The zero-order valence-corrected chi connectivity index (χ0v) is 13.3. The van der Waals surface area contributed by atoms with Gasteiger partial charge in [0.1, 0.15) is 5.60 Å². The summed E-state index contributed by atoms with van der Waals surface area (Å²) in [6.07, 6.45) is 1.75. The highest BCUT2D eigenvalue weighted by molar-refractivity contribution is 5.68. The molecular weight excluding hydrogens is 280 g/mol. The van der Waals surface area contributed by atoms with E-state index in [0.717, 1.165) is 24.9 Å². The number of hydrogen-bond acceptors (Lipinski definition) is 3. The summed E-state index contributed by atoms with van der Waals surface area (Å²) in [4.78, 5) is 16.7. The van der Waals surface area contributed by atoms with Gasteiger partial charge in [0.2, 0.25) is 0 Å². The fourth-order valence-electron chi connectivity index (χ4n) is 2.61. The number of ether oxygens (including phenoxy) is 1. The summed E-state index contributed by atoms with van der Waals surface area (Å²) in [6.45, 7) is 7.03. The molecule has 1 atom stereocenters. The largest absolute Gasteiger partial charge is 0.444 e. The molecule has 0 bridgehead atoms. The normalized spacial score (nSPS) is 18.5. The highest BCUT2D eigenvalue weighted by Crippen LogP contribution is 2.29. The first-order valence-corrected chi connectivity index (χ1v) is 7.52. The van der Waals surface area contributed by atoms with Crippen LogP contribution in [0.1, 0.15) is 45.1 Å². The number of likely N-dealkylation sites (tertiary alicyclic amines) is 1. The van der Waals surface area contributed by atoms with Gasteiger partial charge in [0.25, 0.3) is 0 Å². The highest BCUT2D eigenvalue weighted by atomic mass is 16.6. The van der Waals surface area contributed by atoms with E-state index in [4.69, 9.17) is 10.3 Å². The molecule has 1 aromatic carbocycles. The van der Waals surface area contributed by atoms with Gasteiger partial charge in [-0.3, -0.25) is 0 Å². The molecule has 2 rings (SSSR count). The lowest BCUT2D eigenvalue weighted by Crippen LogP contribution is -2.42. The molecule has 1 heterocycles. The number of hydrogen-bond donors (Lipinski definition) is 0. The molecule has 6 nitrogen and oxygen atoms in total. The lowest BCUT2D eigenvalue weighted by molar-refractivity contribution is 0.0198. The zero-order valence-electron chi connectivity index (χ0n) is 13.3. The summed E-state index contributed by atoms with van der Waals surface area (Å²) >= 11 is 0. The van der Waals surface area contributed by atoms with Crippen LogP contribution < -0.4 is 0 Å². The molecule has 1 aliphatic heterocycles. The Morgan fingerprint density at radius 3 is 2.64 bits per heavy atom. The summed E-state index contributed by atoms with van der Waals surface area (Å²) in [5.74, 6) is 0.293. The predicted octanol–water partition coefficient (Wildman–Crippen LogP) is 4.74. The first-order chi connectivity index (χ1) is 10.4. The van der Waals surface area contributed by atoms with Crippen molar-refractivity contribution in [2.45, 2.75) is 45.1 Å². The Balaban J connectivity index is 2.03. The third-order valence-electron chi connectivity index (χ3n) is 3.60. The number of piperidine rings is 1. The van der Waals surface area contributed by atoms with Gasteiger partial charge in [0.15, 0.2) is 0 Å². The average molecular weight is 302 g/mol. The van der Waals surface area contributed by atoms with Crippen LogP contribution in [0.25, 0.3) is 10.4 Å². The maximum atomic E-state index is 12.2. The highest BCUT2D eigenvalue weighted by Gasteiger charge is 2.28. The van der Waals surface area contributed by atoms with E-state index in [1.165, 1.54) is 0 Å². The van der Waals surface area contributed by atoms with E-state index in [-0.39, 0.29) is 6.09 Å². The van der Waals surface area contributed by atoms with Crippen LogP contribution in [-0.4, -0.2) is 29.7 Å². The van der Waals surface area contributed by atoms with E-state index in [2.05, 4.69) is 10.0 Å². The molecule has 1 fully saturated rings. The number of carbonyl (C=O) groups excluding carboxylic acids is 1. The quantitative estimate of drug-likeness (QED) is 0.449. The second kappa shape index (κ2) is 6.71. The summed E-state index contributed by atoms with van der Waals surface area (Å²) < 4.78 is 5.44. The van der Waals surface area contributed by atoms with Crippen molar-refractivity contribution in [3.8, 4) is 0 Å². The van der Waals surface area contributed by atoms with Crippen LogP contribution in [-0.2, 0) is 4.74 Å². The molecular formula is C16H22N4O2. The standard InChI is InChI=1S/C16H22N4O2/c1-16(2,3)22-15(21)20-10-4-5-13(11-20)12-6-8-14(9-7-12)18-19-17/h6-9,13H,4-5,10-11H2,1-3H3. The van der Waals surface area contributed by atoms with E-state index in [1.54, 1.807) is 4.90 Å². The second-order valence-corrected chi connectivity index (χ2v) is 6.55. The third-order valence-corrected chi connectivity index (χ3v) is 3.60. The van der Waals surface area contributed by atoms with Gasteiger partial charge in [-0.05, 0) is 44.7 Å². The maximum absolute atomic E-state index is 12.2. The van der Waals surface area contributed by atoms with Crippen molar-refractivity contribution in [2.24, 2.45) is 5.11 Å². The number of azide groups is 1. The molecule has 1 aromatic rings. The lowest BCUT2D eigenvalue weighted by Gasteiger charge is -2.34. The van der Waals surface area contributed by atoms with Crippen LogP contribution in [0.3, 0.4) is 0 Å². The maximum Gasteiger partial charge on any atom is 0.410 e. The first-order valence-electron chi connectivity index (χ1n) is 7.52. The Hall–Kier alpha value is -2.20.